The Hall–Kier alpha value is -1.28. The van der Waals surface area contributed by atoms with Crippen LogP contribution in [0.4, 0.5) is 4.79 Å². The zero-order valence-corrected chi connectivity index (χ0v) is 17.2. The second-order valence-corrected chi connectivity index (χ2v) is 13.4. The lowest BCUT2D eigenvalue weighted by molar-refractivity contribution is -0.137. The maximum atomic E-state index is 12.5. The van der Waals surface area contributed by atoms with Crippen molar-refractivity contribution >= 4 is 20.1 Å². The summed E-state index contributed by atoms with van der Waals surface area (Å²) in [7, 11) is -1.28. The summed E-state index contributed by atoms with van der Waals surface area (Å²) in [6, 6.07) is 0. The van der Waals surface area contributed by atoms with Gasteiger partial charge in [-0.15, -0.1) is 11.5 Å². The predicted molar refractivity (Wildman–Crippen MR) is 100 cm³/mol. The predicted octanol–water partition coefficient (Wildman–Crippen LogP) is 4.60. The van der Waals surface area contributed by atoms with Gasteiger partial charge in [0.2, 0.25) is 5.91 Å². The van der Waals surface area contributed by atoms with E-state index < -0.39 is 19.8 Å². The zero-order valence-electron chi connectivity index (χ0n) is 16.2. The molecule has 0 saturated carbocycles. The number of hydrogen-bond acceptors (Lipinski definition) is 3. The normalized spacial score (nSPS) is 18.8. The van der Waals surface area contributed by atoms with Crippen LogP contribution < -0.4 is 0 Å². The van der Waals surface area contributed by atoms with Crippen molar-refractivity contribution in [3.05, 3.63) is 0 Å². The lowest BCUT2D eigenvalue weighted by atomic mass is 9.92. The van der Waals surface area contributed by atoms with Gasteiger partial charge in [-0.05, 0) is 46.5 Å². The van der Waals surface area contributed by atoms with Crippen molar-refractivity contribution in [2.75, 3.05) is 6.54 Å². The molecule has 1 atom stereocenters. The molecule has 5 heteroatoms. The molecule has 1 unspecified atom stereocenters. The monoisotopic (exact) mass is 351 g/mol. The third-order valence-corrected chi connectivity index (χ3v) is 4.66. The first-order valence-corrected chi connectivity index (χ1v) is 12.5. The van der Waals surface area contributed by atoms with Crippen molar-refractivity contribution in [2.24, 2.45) is 5.92 Å². The van der Waals surface area contributed by atoms with Crippen molar-refractivity contribution in [1.82, 2.24) is 4.90 Å². The number of ether oxygens (including phenoxy) is 1. The number of likely N-dealkylation sites (tertiary alicyclic amines) is 1. The first-order chi connectivity index (χ1) is 11.0. The summed E-state index contributed by atoms with van der Waals surface area (Å²) in [4.78, 5) is 26.0. The van der Waals surface area contributed by atoms with E-state index in [1.807, 2.05) is 20.8 Å². The van der Waals surface area contributed by atoms with Crippen LogP contribution in [0.15, 0.2) is 0 Å². The van der Waals surface area contributed by atoms with Gasteiger partial charge in [-0.1, -0.05) is 26.1 Å². The van der Waals surface area contributed by atoms with Crippen LogP contribution in [0, 0.1) is 17.4 Å². The highest BCUT2D eigenvalue weighted by molar-refractivity contribution is 6.83. The summed E-state index contributed by atoms with van der Waals surface area (Å²) in [5.74, 6) is 3.16. The van der Waals surface area contributed by atoms with Crippen LogP contribution in [-0.4, -0.2) is 37.1 Å². The first-order valence-electron chi connectivity index (χ1n) is 9.04. The number of hydrogen-bond donors (Lipinski definition) is 0. The first kappa shape index (κ1) is 20.8. The van der Waals surface area contributed by atoms with E-state index in [4.69, 9.17) is 4.74 Å². The quantitative estimate of drug-likeness (QED) is 0.422. The van der Waals surface area contributed by atoms with Gasteiger partial charge >= 0.3 is 6.09 Å². The zero-order chi connectivity index (χ0) is 18.4. The van der Waals surface area contributed by atoms with E-state index in [9.17, 15) is 9.59 Å². The molecule has 1 saturated heterocycles. The maximum absolute atomic E-state index is 12.5. The molecule has 0 bridgehead atoms. The summed E-state index contributed by atoms with van der Waals surface area (Å²) in [6.45, 7) is 12.7. The van der Waals surface area contributed by atoms with Crippen LogP contribution >= 0.6 is 0 Å². The average molecular weight is 352 g/mol. The van der Waals surface area contributed by atoms with Crippen LogP contribution in [0.2, 0.25) is 19.6 Å². The number of amides is 2. The van der Waals surface area contributed by atoms with Gasteiger partial charge < -0.3 is 4.74 Å². The fraction of sp³-hybridized carbons (Fsp3) is 0.789. The molecule has 2 amide bonds. The Labute approximate surface area is 148 Å². The highest BCUT2D eigenvalue weighted by Crippen LogP contribution is 2.25. The highest BCUT2D eigenvalue weighted by atomic mass is 28.3. The molecule has 1 heterocycles. The van der Waals surface area contributed by atoms with Crippen molar-refractivity contribution in [3.63, 3.8) is 0 Å². The van der Waals surface area contributed by atoms with E-state index in [2.05, 4.69) is 31.1 Å². The molecule has 1 aliphatic heterocycles. The topological polar surface area (TPSA) is 46.6 Å². The molecule has 24 heavy (non-hydrogen) atoms. The van der Waals surface area contributed by atoms with Crippen molar-refractivity contribution in [3.8, 4) is 11.5 Å². The molecule has 0 radical (unpaired) electrons. The number of carbonyl (C=O) groups excluding carboxylic acids is 2. The highest BCUT2D eigenvalue weighted by Gasteiger charge is 2.34. The molecule has 0 spiro atoms. The fourth-order valence-corrected chi connectivity index (χ4v) is 3.30. The lowest BCUT2D eigenvalue weighted by Gasteiger charge is -2.32. The van der Waals surface area contributed by atoms with Gasteiger partial charge in [0.05, 0.1) is 0 Å². The Kier molecular flexibility index (Phi) is 7.53. The number of rotatable bonds is 4. The van der Waals surface area contributed by atoms with Gasteiger partial charge in [0.15, 0.2) is 0 Å². The minimum absolute atomic E-state index is 0.0452. The fourth-order valence-electron chi connectivity index (χ4n) is 2.65. The van der Waals surface area contributed by atoms with Crippen molar-refractivity contribution in [1.29, 1.82) is 0 Å². The molecule has 0 aliphatic carbocycles. The second kappa shape index (κ2) is 8.71. The average Bonchev–Trinajstić information content (AvgIpc) is 2.41. The van der Waals surface area contributed by atoms with Crippen LogP contribution in [0.25, 0.3) is 0 Å². The van der Waals surface area contributed by atoms with Gasteiger partial charge in [-0.3, -0.25) is 4.79 Å². The Bertz CT molecular complexity index is 505. The van der Waals surface area contributed by atoms with Crippen LogP contribution in [-0.2, 0) is 9.53 Å². The molecule has 136 valence electrons. The maximum Gasteiger partial charge on any atom is 0.417 e. The van der Waals surface area contributed by atoms with E-state index in [1.54, 1.807) is 0 Å². The largest absolute Gasteiger partial charge is 0.443 e. The van der Waals surface area contributed by atoms with Gasteiger partial charge in [-0.25, -0.2) is 9.69 Å². The van der Waals surface area contributed by atoms with Crippen LogP contribution in [0.1, 0.15) is 59.3 Å². The number of carbonyl (C=O) groups is 2. The van der Waals surface area contributed by atoms with Gasteiger partial charge in [0.1, 0.15) is 13.7 Å². The molecule has 0 aromatic rings. The summed E-state index contributed by atoms with van der Waals surface area (Å²) in [5.41, 5.74) is 2.80. The summed E-state index contributed by atoms with van der Waals surface area (Å²) in [6.07, 6.45) is 4.99. The van der Waals surface area contributed by atoms with E-state index in [0.29, 0.717) is 6.54 Å². The number of unbranched alkanes of at least 4 members (excludes halogenated alkanes) is 2. The van der Waals surface area contributed by atoms with E-state index in [-0.39, 0.29) is 11.8 Å². The smallest absolute Gasteiger partial charge is 0.417 e. The van der Waals surface area contributed by atoms with E-state index in [0.717, 1.165) is 38.5 Å². The Morgan fingerprint density at radius 2 is 1.96 bits per heavy atom. The molecule has 1 aliphatic rings. The van der Waals surface area contributed by atoms with Crippen molar-refractivity contribution < 1.29 is 14.3 Å². The minimum Gasteiger partial charge on any atom is -0.443 e. The molecular weight excluding hydrogens is 318 g/mol. The standard InChI is InChI=1S/C19H33NO3Si/c1-19(2,3)23-18(22)20-14-11-13-16(17(20)21)12-9-7-8-10-15-24(4,5)6/h16H,7-9,11-14H2,1-6H3. The van der Waals surface area contributed by atoms with E-state index in [1.165, 1.54) is 4.90 Å². The number of piperidine rings is 1. The summed E-state index contributed by atoms with van der Waals surface area (Å²) < 4.78 is 5.34. The Balaban J connectivity index is 2.42. The minimum atomic E-state index is -1.28. The van der Waals surface area contributed by atoms with Gasteiger partial charge in [-0.2, -0.15) is 0 Å². The molecule has 0 aromatic heterocycles. The Morgan fingerprint density at radius 1 is 1.29 bits per heavy atom. The van der Waals surface area contributed by atoms with Crippen LogP contribution in [0.3, 0.4) is 0 Å². The Morgan fingerprint density at radius 3 is 2.54 bits per heavy atom. The summed E-state index contributed by atoms with van der Waals surface area (Å²) in [5, 5.41) is 0. The molecule has 1 fully saturated rings. The molecule has 4 nitrogen and oxygen atoms in total. The molecule has 1 rings (SSSR count). The van der Waals surface area contributed by atoms with Gasteiger partial charge in [0.25, 0.3) is 0 Å². The SMILES string of the molecule is CC(C)(C)OC(=O)N1CCCC(CCCCC#C[Si](C)(C)C)C1=O. The second-order valence-electron chi connectivity index (χ2n) is 8.61. The molecular formula is C19H33NO3Si. The lowest BCUT2D eigenvalue weighted by Crippen LogP contribution is -2.47. The van der Waals surface area contributed by atoms with Crippen molar-refractivity contribution in [2.45, 2.75) is 84.5 Å². The van der Waals surface area contributed by atoms with E-state index >= 15 is 0 Å². The summed E-state index contributed by atoms with van der Waals surface area (Å²) >= 11 is 0. The third-order valence-electron chi connectivity index (χ3n) is 3.73. The number of nitrogens with zero attached hydrogens (tertiary/aromatic N) is 1. The number of imide groups is 1. The van der Waals surface area contributed by atoms with Crippen LogP contribution in [0.5, 0.6) is 0 Å². The van der Waals surface area contributed by atoms with Gasteiger partial charge in [0, 0.05) is 18.9 Å². The molecule has 0 N–H and O–H groups in total. The molecule has 0 aromatic carbocycles. The third kappa shape index (κ3) is 8.01.